The van der Waals surface area contributed by atoms with Gasteiger partial charge in [0, 0.05) is 23.4 Å². The van der Waals surface area contributed by atoms with E-state index >= 15 is 0 Å². The van der Waals surface area contributed by atoms with Gasteiger partial charge in [0.2, 0.25) is 0 Å². The lowest BCUT2D eigenvalue weighted by Crippen LogP contribution is -2.38. The molecule has 1 aliphatic heterocycles. The minimum absolute atomic E-state index is 0.0516. The zero-order valence-corrected chi connectivity index (χ0v) is 14.0. The largest absolute Gasteiger partial charge is 0.376 e. The molecule has 20 heavy (non-hydrogen) atoms. The highest BCUT2D eigenvalue weighted by atomic mass is 79.9. The number of aromatic nitrogens is 2. The Morgan fingerprint density at radius 2 is 2.35 bits per heavy atom. The summed E-state index contributed by atoms with van der Waals surface area (Å²) < 4.78 is 9.20. The predicted octanol–water partition coefficient (Wildman–Crippen LogP) is 4.10. The highest BCUT2D eigenvalue weighted by Crippen LogP contribution is 2.37. The number of hydrogen-bond acceptors (Lipinski definition) is 2. The topological polar surface area (TPSA) is 27.1 Å². The van der Waals surface area contributed by atoms with Crippen molar-refractivity contribution in [3.8, 4) is 0 Å². The molecule has 1 aromatic carbocycles. The summed E-state index contributed by atoms with van der Waals surface area (Å²) in [6, 6.07) is 6.25. The van der Waals surface area contributed by atoms with Crippen molar-refractivity contribution in [2.24, 2.45) is 0 Å². The first-order chi connectivity index (χ1) is 9.56. The lowest BCUT2D eigenvalue weighted by Gasteiger charge is -2.32. The standard InChI is InChI=1S/C15H18BrClN2O/c1-10-15(2,6-8-20-10)19-13-4-3-11(16)9-12(13)18-14(19)5-7-17/h3-4,9-10H,5-8H2,1-2H3. The van der Waals surface area contributed by atoms with E-state index in [1.807, 2.05) is 0 Å². The van der Waals surface area contributed by atoms with Crippen LogP contribution >= 0.6 is 27.5 Å². The third-order valence-electron chi connectivity index (χ3n) is 4.37. The van der Waals surface area contributed by atoms with Crippen LogP contribution in [0.1, 0.15) is 26.1 Å². The maximum Gasteiger partial charge on any atom is 0.111 e. The number of benzene rings is 1. The number of nitrogens with zero attached hydrogens (tertiary/aromatic N) is 2. The molecule has 3 nitrogen and oxygen atoms in total. The van der Waals surface area contributed by atoms with Crippen LogP contribution in [-0.4, -0.2) is 28.1 Å². The minimum atomic E-state index is -0.0516. The molecule has 1 saturated heterocycles. The third kappa shape index (κ3) is 2.18. The van der Waals surface area contributed by atoms with Crippen LogP contribution in [0.5, 0.6) is 0 Å². The van der Waals surface area contributed by atoms with Crippen molar-refractivity contribution in [1.82, 2.24) is 9.55 Å². The van der Waals surface area contributed by atoms with E-state index in [9.17, 15) is 0 Å². The van der Waals surface area contributed by atoms with Crippen LogP contribution in [0.4, 0.5) is 0 Å². The molecule has 2 unspecified atom stereocenters. The third-order valence-corrected chi connectivity index (χ3v) is 5.05. The minimum Gasteiger partial charge on any atom is -0.376 e. The highest BCUT2D eigenvalue weighted by Gasteiger charge is 2.40. The fourth-order valence-electron chi connectivity index (χ4n) is 3.04. The number of halogens is 2. The molecule has 2 aromatic rings. The van der Waals surface area contributed by atoms with Crippen LogP contribution < -0.4 is 0 Å². The van der Waals surface area contributed by atoms with Crippen LogP contribution in [0.2, 0.25) is 0 Å². The lowest BCUT2D eigenvalue weighted by atomic mass is 9.93. The molecule has 3 rings (SSSR count). The molecule has 0 aliphatic carbocycles. The summed E-state index contributed by atoms with van der Waals surface area (Å²) in [7, 11) is 0. The Bertz CT molecular complexity index is 642. The van der Waals surface area contributed by atoms with E-state index in [-0.39, 0.29) is 11.6 Å². The van der Waals surface area contributed by atoms with Gasteiger partial charge in [-0.15, -0.1) is 11.6 Å². The molecule has 1 aliphatic rings. The molecule has 2 heterocycles. The number of alkyl halides is 1. The molecule has 2 atom stereocenters. The van der Waals surface area contributed by atoms with Gasteiger partial charge in [0.1, 0.15) is 5.82 Å². The van der Waals surface area contributed by atoms with Crippen LogP contribution in [-0.2, 0) is 16.7 Å². The molecule has 1 fully saturated rings. The van der Waals surface area contributed by atoms with Crippen molar-refractivity contribution < 1.29 is 4.74 Å². The molecule has 0 saturated carbocycles. The molecule has 0 amide bonds. The number of fused-ring (bicyclic) bond motifs is 1. The van der Waals surface area contributed by atoms with Gasteiger partial charge >= 0.3 is 0 Å². The summed E-state index contributed by atoms with van der Waals surface area (Å²) in [4.78, 5) is 4.78. The molecule has 5 heteroatoms. The van der Waals surface area contributed by atoms with Crippen molar-refractivity contribution in [3.63, 3.8) is 0 Å². The van der Waals surface area contributed by atoms with Gasteiger partial charge in [-0.05, 0) is 38.5 Å². The van der Waals surface area contributed by atoms with Gasteiger partial charge in [-0.1, -0.05) is 15.9 Å². The Labute approximate surface area is 132 Å². The SMILES string of the molecule is CC1OCCC1(C)n1c(CCCl)nc2cc(Br)ccc21. The van der Waals surface area contributed by atoms with Crippen molar-refractivity contribution in [2.45, 2.75) is 38.3 Å². The number of ether oxygens (including phenoxy) is 1. The molecule has 0 radical (unpaired) electrons. The Balaban J connectivity index is 2.23. The van der Waals surface area contributed by atoms with Crippen LogP contribution in [0.15, 0.2) is 22.7 Å². The average molecular weight is 358 g/mol. The number of aryl methyl sites for hydroxylation is 1. The Kier molecular flexibility index (Phi) is 3.82. The summed E-state index contributed by atoms with van der Waals surface area (Å²) >= 11 is 9.48. The second-order valence-electron chi connectivity index (χ2n) is 5.56. The molecular formula is C15H18BrClN2O. The summed E-state index contributed by atoms with van der Waals surface area (Å²) in [5.74, 6) is 1.63. The molecule has 0 spiro atoms. The van der Waals surface area contributed by atoms with Gasteiger partial charge < -0.3 is 9.30 Å². The normalized spacial score (nSPS) is 26.5. The van der Waals surface area contributed by atoms with E-state index < -0.39 is 0 Å². The highest BCUT2D eigenvalue weighted by molar-refractivity contribution is 9.10. The van der Waals surface area contributed by atoms with E-state index in [4.69, 9.17) is 21.3 Å². The van der Waals surface area contributed by atoms with E-state index in [1.54, 1.807) is 0 Å². The van der Waals surface area contributed by atoms with Gasteiger partial charge in [0.05, 0.1) is 22.7 Å². The molecule has 0 N–H and O–H groups in total. The van der Waals surface area contributed by atoms with E-state index in [2.05, 4.69) is 52.5 Å². The summed E-state index contributed by atoms with van der Waals surface area (Å²) in [5, 5.41) is 0. The van der Waals surface area contributed by atoms with Gasteiger partial charge in [-0.3, -0.25) is 0 Å². The molecule has 108 valence electrons. The fraction of sp³-hybridized carbons (Fsp3) is 0.533. The second kappa shape index (κ2) is 5.32. The van der Waals surface area contributed by atoms with Crippen LogP contribution in [0.3, 0.4) is 0 Å². The van der Waals surface area contributed by atoms with Crippen molar-refractivity contribution in [2.75, 3.05) is 12.5 Å². The summed E-state index contributed by atoms with van der Waals surface area (Å²) in [6.45, 7) is 5.20. The van der Waals surface area contributed by atoms with E-state index in [0.717, 1.165) is 40.8 Å². The summed E-state index contributed by atoms with van der Waals surface area (Å²) in [5.41, 5.74) is 2.12. The Morgan fingerprint density at radius 3 is 3.00 bits per heavy atom. The van der Waals surface area contributed by atoms with Crippen LogP contribution in [0.25, 0.3) is 11.0 Å². The maximum atomic E-state index is 5.96. The van der Waals surface area contributed by atoms with Gasteiger partial charge in [-0.25, -0.2) is 4.98 Å². The monoisotopic (exact) mass is 356 g/mol. The maximum absolute atomic E-state index is 5.96. The van der Waals surface area contributed by atoms with E-state index in [1.165, 1.54) is 0 Å². The zero-order valence-electron chi connectivity index (χ0n) is 11.7. The average Bonchev–Trinajstić information content (AvgIpc) is 2.91. The number of imidazole rings is 1. The lowest BCUT2D eigenvalue weighted by molar-refractivity contribution is 0.0764. The fourth-order valence-corrected chi connectivity index (χ4v) is 3.56. The molecule has 1 aromatic heterocycles. The quantitative estimate of drug-likeness (QED) is 0.773. The van der Waals surface area contributed by atoms with Gasteiger partial charge in [-0.2, -0.15) is 0 Å². The zero-order chi connectivity index (χ0) is 14.3. The van der Waals surface area contributed by atoms with Crippen molar-refractivity contribution >= 4 is 38.6 Å². The van der Waals surface area contributed by atoms with Crippen molar-refractivity contribution in [3.05, 3.63) is 28.5 Å². The smallest absolute Gasteiger partial charge is 0.111 e. The summed E-state index contributed by atoms with van der Waals surface area (Å²) in [6.07, 6.45) is 1.96. The Hall–Kier alpha value is -0.580. The first-order valence-electron chi connectivity index (χ1n) is 6.91. The second-order valence-corrected chi connectivity index (χ2v) is 6.85. The molecule has 0 bridgehead atoms. The molecular weight excluding hydrogens is 340 g/mol. The Morgan fingerprint density at radius 1 is 1.55 bits per heavy atom. The van der Waals surface area contributed by atoms with E-state index in [0.29, 0.717) is 5.88 Å². The number of hydrogen-bond donors (Lipinski definition) is 0. The van der Waals surface area contributed by atoms with Gasteiger partial charge in [0.25, 0.3) is 0 Å². The number of rotatable bonds is 3. The van der Waals surface area contributed by atoms with Crippen LogP contribution in [0, 0.1) is 0 Å². The first-order valence-corrected chi connectivity index (χ1v) is 8.24. The first kappa shape index (κ1) is 14.4. The predicted molar refractivity (Wildman–Crippen MR) is 85.5 cm³/mol. The van der Waals surface area contributed by atoms with Gasteiger partial charge in [0.15, 0.2) is 0 Å². The van der Waals surface area contributed by atoms with Crippen molar-refractivity contribution in [1.29, 1.82) is 0 Å².